The molecule has 1 N–H and O–H groups in total. The molecule has 4 rings (SSSR count). The fourth-order valence-electron chi connectivity index (χ4n) is 3.90. The summed E-state index contributed by atoms with van der Waals surface area (Å²) in [7, 11) is 3.26. The molecule has 10 heteroatoms. The minimum atomic E-state index is -0.858. The van der Waals surface area contributed by atoms with Gasteiger partial charge in [-0.05, 0) is 13.8 Å². The molecule has 3 saturated heterocycles. The van der Waals surface area contributed by atoms with Crippen LogP contribution in [0.25, 0.3) is 0 Å². The minimum absolute atomic E-state index is 0.0230. The van der Waals surface area contributed by atoms with Crippen LogP contribution in [0.4, 0.5) is 0 Å². The Balaban J connectivity index is 1.48. The van der Waals surface area contributed by atoms with E-state index in [1.165, 1.54) is 0 Å². The number of aliphatic hydroxyl groups excluding tert-OH is 1. The number of hydrogen-bond acceptors (Lipinski definition) is 10. The highest BCUT2D eigenvalue weighted by Gasteiger charge is 2.62. The molecule has 3 heterocycles. The van der Waals surface area contributed by atoms with Gasteiger partial charge in [0.05, 0.1) is 51.8 Å². The summed E-state index contributed by atoms with van der Waals surface area (Å²) in [6.07, 6.45) is -3.28. The predicted molar refractivity (Wildman–Crippen MR) is 98.5 cm³/mol. The fraction of sp³-hybridized carbons (Fsp3) is 1.00. The summed E-state index contributed by atoms with van der Waals surface area (Å²) in [6, 6.07) is 0. The maximum Gasteiger partial charge on any atom is 0.272 e. The fourth-order valence-corrected chi connectivity index (χ4v) is 3.90. The number of ether oxygens (including phenoxy) is 9. The molecule has 3 aliphatic heterocycles. The molecule has 1 aliphatic carbocycles. The molecule has 4 bridgehead atoms. The van der Waals surface area contributed by atoms with Gasteiger partial charge in [-0.2, -0.15) is 0 Å². The van der Waals surface area contributed by atoms with Crippen molar-refractivity contribution < 1.29 is 47.7 Å². The van der Waals surface area contributed by atoms with Gasteiger partial charge in [0.1, 0.15) is 36.6 Å². The lowest BCUT2D eigenvalue weighted by Crippen LogP contribution is -2.76. The Hall–Kier alpha value is -0.400. The van der Waals surface area contributed by atoms with Crippen molar-refractivity contribution in [3.05, 3.63) is 0 Å². The molecule has 9 atom stereocenters. The highest BCUT2D eigenvalue weighted by molar-refractivity contribution is 5.06. The maximum atomic E-state index is 10.6. The zero-order valence-electron chi connectivity index (χ0n) is 17.6. The van der Waals surface area contributed by atoms with Crippen molar-refractivity contribution in [1.29, 1.82) is 0 Å². The van der Waals surface area contributed by atoms with E-state index in [2.05, 4.69) is 0 Å². The van der Waals surface area contributed by atoms with Crippen LogP contribution in [0.1, 0.15) is 13.8 Å². The molecule has 0 aromatic heterocycles. The van der Waals surface area contributed by atoms with E-state index >= 15 is 0 Å². The van der Waals surface area contributed by atoms with Gasteiger partial charge < -0.3 is 47.7 Å². The van der Waals surface area contributed by atoms with Crippen LogP contribution < -0.4 is 0 Å². The van der Waals surface area contributed by atoms with Gasteiger partial charge >= 0.3 is 0 Å². The van der Waals surface area contributed by atoms with Crippen LogP contribution in [0.2, 0.25) is 0 Å². The standard InChI is InChI=1S/C19H34O10/c1-11(9-21-3)23-5-7-25-16-14-13(20)15-17(18(16)29-19(27-14)28-15)26-8-6-24-12(2)10-22-4/h11-20H,5-10H2,1-4H3/t11-,12-,13?,14-,15?,16?,17?,18?,19?/m0/s1. The molecule has 6 unspecified atom stereocenters. The molecule has 10 nitrogen and oxygen atoms in total. The summed E-state index contributed by atoms with van der Waals surface area (Å²) in [4.78, 5) is 0. The maximum absolute atomic E-state index is 10.6. The number of rotatable bonds is 14. The van der Waals surface area contributed by atoms with E-state index in [0.717, 1.165) is 0 Å². The summed E-state index contributed by atoms with van der Waals surface area (Å²) in [6.45, 7) is 5.57. The van der Waals surface area contributed by atoms with Gasteiger partial charge in [-0.3, -0.25) is 0 Å². The third-order valence-corrected chi connectivity index (χ3v) is 5.17. The van der Waals surface area contributed by atoms with E-state index in [-0.39, 0.29) is 12.2 Å². The lowest BCUT2D eigenvalue weighted by atomic mass is 9.82. The molecule has 170 valence electrons. The van der Waals surface area contributed by atoms with Crippen molar-refractivity contribution >= 4 is 0 Å². The van der Waals surface area contributed by atoms with Gasteiger partial charge in [0.25, 0.3) is 6.48 Å². The second-order valence-corrected chi connectivity index (χ2v) is 7.53. The summed E-state index contributed by atoms with van der Waals surface area (Å²) in [5.41, 5.74) is 0. The van der Waals surface area contributed by atoms with Crippen LogP contribution in [-0.2, 0) is 42.6 Å². The van der Waals surface area contributed by atoms with Crippen LogP contribution in [-0.4, -0.2) is 114 Å². The number of hydrogen-bond donors (Lipinski definition) is 1. The molecule has 0 radical (unpaired) electrons. The van der Waals surface area contributed by atoms with Gasteiger partial charge in [-0.25, -0.2) is 0 Å². The van der Waals surface area contributed by atoms with Crippen LogP contribution in [0.3, 0.4) is 0 Å². The normalized spacial score (nSPS) is 37.8. The van der Waals surface area contributed by atoms with E-state index < -0.39 is 43.1 Å². The molecular weight excluding hydrogens is 388 g/mol. The Kier molecular flexibility index (Phi) is 9.05. The van der Waals surface area contributed by atoms with E-state index in [0.29, 0.717) is 39.6 Å². The monoisotopic (exact) mass is 422 g/mol. The van der Waals surface area contributed by atoms with Gasteiger partial charge in [0, 0.05) is 14.2 Å². The average molecular weight is 422 g/mol. The average Bonchev–Trinajstić information content (AvgIpc) is 2.69. The highest BCUT2D eigenvalue weighted by Crippen LogP contribution is 2.42. The molecular formula is C19H34O10. The van der Waals surface area contributed by atoms with Gasteiger partial charge in [0.2, 0.25) is 0 Å². The smallest absolute Gasteiger partial charge is 0.272 e. The lowest BCUT2D eigenvalue weighted by Gasteiger charge is -2.57. The van der Waals surface area contributed by atoms with E-state index in [1.807, 2.05) is 13.8 Å². The zero-order chi connectivity index (χ0) is 20.8. The molecule has 29 heavy (non-hydrogen) atoms. The predicted octanol–water partition coefficient (Wildman–Crippen LogP) is -0.299. The number of aliphatic hydroxyl groups is 1. The third kappa shape index (κ3) is 5.85. The molecule has 0 amide bonds. The van der Waals surface area contributed by atoms with Crippen molar-refractivity contribution in [2.24, 2.45) is 0 Å². The van der Waals surface area contributed by atoms with Crippen molar-refractivity contribution in [2.45, 2.75) is 69.2 Å². The first kappa shape index (κ1) is 23.3. The molecule has 0 aromatic rings. The Morgan fingerprint density at radius 1 is 0.724 bits per heavy atom. The Morgan fingerprint density at radius 2 is 1.17 bits per heavy atom. The first-order chi connectivity index (χ1) is 14.0. The van der Waals surface area contributed by atoms with E-state index in [4.69, 9.17) is 42.6 Å². The third-order valence-electron chi connectivity index (χ3n) is 5.17. The van der Waals surface area contributed by atoms with Crippen LogP contribution in [0.15, 0.2) is 0 Å². The second kappa shape index (κ2) is 11.3. The largest absolute Gasteiger partial charge is 0.387 e. The molecule has 0 aromatic carbocycles. The Labute approximate surface area is 171 Å². The molecule has 0 spiro atoms. The van der Waals surface area contributed by atoms with Gasteiger partial charge in [0.15, 0.2) is 0 Å². The molecule has 4 aliphatic rings. The van der Waals surface area contributed by atoms with E-state index in [1.54, 1.807) is 14.2 Å². The van der Waals surface area contributed by atoms with Crippen molar-refractivity contribution in [3.63, 3.8) is 0 Å². The first-order valence-corrected chi connectivity index (χ1v) is 10.1. The van der Waals surface area contributed by atoms with Crippen LogP contribution in [0, 0.1) is 0 Å². The van der Waals surface area contributed by atoms with Crippen molar-refractivity contribution in [2.75, 3.05) is 53.9 Å². The van der Waals surface area contributed by atoms with Crippen LogP contribution >= 0.6 is 0 Å². The van der Waals surface area contributed by atoms with Crippen molar-refractivity contribution in [3.8, 4) is 0 Å². The second-order valence-electron chi connectivity index (χ2n) is 7.53. The van der Waals surface area contributed by atoms with Gasteiger partial charge in [-0.15, -0.1) is 0 Å². The zero-order valence-corrected chi connectivity index (χ0v) is 17.6. The van der Waals surface area contributed by atoms with E-state index in [9.17, 15) is 5.11 Å². The minimum Gasteiger partial charge on any atom is -0.387 e. The summed E-state index contributed by atoms with van der Waals surface area (Å²) < 4.78 is 50.3. The molecule has 1 saturated carbocycles. The topological polar surface area (TPSA) is 103 Å². The summed E-state index contributed by atoms with van der Waals surface area (Å²) in [5, 5.41) is 10.6. The summed E-state index contributed by atoms with van der Waals surface area (Å²) >= 11 is 0. The lowest BCUT2D eigenvalue weighted by molar-refractivity contribution is -0.486. The summed E-state index contributed by atoms with van der Waals surface area (Å²) in [5.74, 6) is 0. The molecule has 4 fully saturated rings. The SMILES string of the molecule is COC[C@H](C)OCCOC1C2OC3OC1C(OCCO[C@@H](C)COC)[C@@H](O3)C2O. The van der Waals surface area contributed by atoms with Crippen molar-refractivity contribution in [1.82, 2.24) is 0 Å². The Morgan fingerprint density at radius 3 is 1.62 bits per heavy atom. The van der Waals surface area contributed by atoms with Crippen LogP contribution in [0.5, 0.6) is 0 Å². The number of methoxy groups -OCH3 is 2. The quantitative estimate of drug-likeness (QED) is 0.375. The van der Waals surface area contributed by atoms with Gasteiger partial charge in [-0.1, -0.05) is 0 Å². The first-order valence-electron chi connectivity index (χ1n) is 10.1. The Bertz CT molecular complexity index is 442. The highest BCUT2D eigenvalue weighted by atomic mass is 16.9.